The Kier molecular flexibility index (Phi) is 3.97. The highest BCUT2D eigenvalue weighted by molar-refractivity contribution is 5.93. The third-order valence-electron chi connectivity index (χ3n) is 2.74. The molecule has 0 aliphatic heterocycles. The lowest BCUT2D eigenvalue weighted by Crippen LogP contribution is -2.26. The Bertz CT molecular complexity index is 683. The molecule has 2 heterocycles. The van der Waals surface area contributed by atoms with Crippen LogP contribution in [0.2, 0.25) is 0 Å². The van der Waals surface area contributed by atoms with Crippen LogP contribution in [-0.2, 0) is 20.8 Å². The number of esters is 2. The normalized spacial score (nSPS) is 11.4. The smallest absolute Gasteiger partial charge is 0.339 e. The Labute approximate surface area is 122 Å². The van der Waals surface area contributed by atoms with Crippen LogP contribution in [0.4, 0.5) is 0 Å². The second-order valence-electron chi connectivity index (χ2n) is 5.66. The van der Waals surface area contributed by atoms with E-state index >= 15 is 0 Å². The summed E-state index contributed by atoms with van der Waals surface area (Å²) in [6.45, 7) is 5.53. The zero-order valence-corrected chi connectivity index (χ0v) is 12.5. The van der Waals surface area contributed by atoms with Gasteiger partial charge in [0.2, 0.25) is 0 Å². The van der Waals surface area contributed by atoms with Gasteiger partial charge in [0.1, 0.15) is 17.8 Å². The van der Waals surface area contributed by atoms with Crippen molar-refractivity contribution < 1.29 is 19.1 Å². The number of ether oxygens (including phenoxy) is 2. The van der Waals surface area contributed by atoms with Gasteiger partial charge in [-0.3, -0.25) is 4.79 Å². The van der Waals surface area contributed by atoms with Crippen molar-refractivity contribution in [1.29, 1.82) is 0 Å². The summed E-state index contributed by atoms with van der Waals surface area (Å²) < 4.78 is 11.6. The molecule has 0 aromatic carbocycles. The lowest BCUT2D eigenvalue weighted by atomic mass is 10.2. The zero-order chi connectivity index (χ0) is 15.6. The molecule has 2 rings (SSSR count). The molecule has 0 saturated heterocycles. The van der Waals surface area contributed by atoms with E-state index in [0.29, 0.717) is 11.2 Å². The van der Waals surface area contributed by atoms with E-state index in [-0.39, 0.29) is 12.5 Å². The van der Waals surface area contributed by atoms with Crippen LogP contribution in [0.25, 0.3) is 11.0 Å². The minimum absolute atomic E-state index is 0.0747. The summed E-state index contributed by atoms with van der Waals surface area (Å²) in [5, 5.41) is 0.765. The Morgan fingerprint density at radius 1 is 1.33 bits per heavy atom. The molecule has 0 aliphatic rings. The van der Waals surface area contributed by atoms with Crippen LogP contribution in [0.15, 0.2) is 24.5 Å². The maximum atomic E-state index is 11.8. The second-order valence-corrected chi connectivity index (χ2v) is 5.66. The van der Waals surface area contributed by atoms with Crippen molar-refractivity contribution in [3.05, 3.63) is 30.1 Å². The van der Waals surface area contributed by atoms with Crippen molar-refractivity contribution in [1.82, 2.24) is 9.55 Å². The standard InChI is InChI=1S/C15H18N2O4/c1-15(2,3)21-12(18)9-17-6-5-10-7-11(14(19)20-4)8-16-13(10)17/h5-8H,9H2,1-4H3. The molecule has 112 valence electrons. The molecule has 0 radical (unpaired) electrons. The minimum Gasteiger partial charge on any atom is -0.465 e. The quantitative estimate of drug-likeness (QED) is 0.810. The first-order valence-electron chi connectivity index (χ1n) is 6.55. The number of hydrogen-bond acceptors (Lipinski definition) is 5. The molecule has 0 spiro atoms. The van der Waals surface area contributed by atoms with Crippen LogP contribution in [-0.4, -0.2) is 34.2 Å². The molecule has 0 bridgehead atoms. The molecule has 0 amide bonds. The maximum Gasteiger partial charge on any atom is 0.339 e. The third kappa shape index (κ3) is 3.59. The minimum atomic E-state index is -0.522. The lowest BCUT2D eigenvalue weighted by molar-refractivity contribution is -0.155. The molecular weight excluding hydrogens is 272 g/mol. The van der Waals surface area contributed by atoms with Gasteiger partial charge >= 0.3 is 11.9 Å². The summed E-state index contributed by atoms with van der Waals surface area (Å²) in [4.78, 5) is 27.5. The van der Waals surface area contributed by atoms with E-state index in [1.165, 1.54) is 13.3 Å². The van der Waals surface area contributed by atoms with E-state index < -0.39 is 11.6 Å². The number of fused-ring (bicyclic) bond motifs is 1. The van der Waals surface area contributed by atoms with Crippen molar-refractivity contribution in [2.45, 2.75) is 32.9 Å². The maximum absolute atomic E-state index is 11.8. The Morgan fingerprint density at radius 3 is 2.67 bits per heavy atom. The first-order valence-corrected chi connectivity index (χ1v) is 6.55. The van der Waals surface area contributed by atoms with E-state index in [4.69, 9.17) is 4.74 Å². The SMILES string of the molecule is COC(=O)c1cnc2c(ccn2CC(=O)OC(C)(C)C)c1. The van der Waals surface area contributed by atoms with E-state index in [2.05, 4.69) is 9.72 Å². The lowest BCUT2D eigenvalue weighted by Gasteiger charge is -2.19. The van der Waals surface area contributed by atoms with Crippen molar-refractivity contribution in [2.24, 2.45) is 0 Å². The molecule has 21 heavy (non-hydrogen) atoms. The number of aromatic nitrogens is 2. The fraction of sp³-hybridized carbons (Fsp3) is 0.400. The Balaban J connectivity index is 2.23. The van der Waals surface area contributed by atoms with E-state index in [9.17, 15) is 9.59 Å². The number of methoxy groups -OCH3 is 1. The predicted molar refractivity (Wildman–Crippen MR) is 76.9 cm³/mol. The molecule has 0 saturated carbocycles. The molecule has 6 nitrogen and oxygen atoms in total. The van der Waals surface area contributed by atoms with Gasteiger partial charge < -0.3 is 14.0 Å². The molecule has 0 atom stereocenters. The molecule has 2 aromatic rings. The highest BCUT2D eigenvalue weighted by Gasteiger charge is 2.17. The average molecular weight is 290 g/mol. The summed E-state index contributed by atoms with van der Waals surface area (Å²) >= 11 is 0. The molecule has 0 fully saturated rings. The number of carbonyl (C=O) groups is 2. The van der Waals surface area contributed by atoms with Gasteiger partial charge in [-0.1, -0.05) is 0 Å². The van der Waals surface area contributed by atoms with Gasteiger partial charge in [0.05, 0.1) is 12.7 Å². The van der Waals surface area contributed by atoms with Gasteiger partial charge in [-0.25, -0.2) is 9.78 Å². The fourth-order valence-electron chi connectivity index (χ4n) is 1.95. The van der Waals surface area contributed by atoms with E-state index in [1.807, 2.05) is 20.8 Å². The number of carbonyl (C=O) groups excluding carboxylic acids is 2. The van der Waals surface area contributed by atoms with Gasteiger partial charge in [0.25, 0.3) is 0 Å². The first kappa shape index (κ1) is 15.0. The number of hydrogen-bond donors (Lipinski definition) is 0. The summed E-state index contributed by atoms with van der Waals surface area (Å²) in [7, 11) is 1.32. The largest absolute Gasteiger partial charge is 0.465 e. The molecule has 0 aliphatic carbocycles. The molecule has 0 unspecified atom stereocenters. The van der Waals surface area contributed by atoms with Crippen LogP contribution >= 0.6 is 0 Å². The predicted octanol–water partition coefficient (Wildman–Crippen LogP) is 2.16. The van der Waals surface area contributed by atoms with Gasteiger partial charge in [-0.15, -0.1) is 0 Å². The summed E-state index contributed by atoms with van der Waals surface area (Å²) in [5.41, 5.74) is 0.472. The summed E-state index contributed by atoms with van der Waals surface area (Å²) in [5.74, 6) is -0.775. The van der Waals surface area contributed by atoms with Gasteiger partial charge in [-0.05, 0) is 32.9 Å². The Hall–Kier alpha value is -2.37. The first-order chi connectivity index (χ1) is 9.80. The van der Waals surface area contributed by atoms with E-state index in [0.717, 1.165) is 5.39 Å². The summed E-state index contributed by atoms with van der Waals surface area (Å²) in [6, 6.07) is 3.47. The zero-order valence-electron chi connectivity index (χ0n) is 12.5. The van der Waals surface area contributed by atoms with Crippen LogP contribution < -0.4 is 0 Å². The highest BCUT2D eigenvalue weighted by Crippen LogP contribution is 2.16. The number of nitrogens with zero attached hydrogens (tertiary/aromatic N) is 2. The molecular formula is C15H18N2O4. The van der Waals surface area contributed by atoms with E-state index in [1.54, 1.807) is 22.9 Å². The number of pyridine rings is 1. The Morgan fingerprint density at radius 2 is 2.05 bits per heavy atom. The molecule has 2 aromatic heterocycles. The molecule has 0 N–H and O–H groups in total. The van der Waals surface area contributed by atoms with Crippen molar-refractivity contribution in [2.75, 3.05) is 7.11 Å². The van der Waals surface area contributed by atoms with Crippen LogP contribution in [0.3, 0.4) is 0 Å². The summed E-state index contributed by atoms with van der Waals surface area (Å²) in [6.07, 6.45) is 3.17. The van der Waals surface area contributed by atoms with Crippen LogP contribution in [0.1, 0.15) is 31.1 Å². The van der Waals surface area contributed by atoms with Crippen molar-refractivity contribution in [3.8, 4) is 0 Å². The van der Waals surface area contributed by atoms with Gasteiger partial charge in [0.15, 0.2) is 0 Å². The second kappa shape index (κ2) is 5.55. The number of rotatable bonds is 3. The highest BCUT2D eigenvalue weighted by atomic mass is 16.6. The van der Waals surface area contributed by atoms with Crippen molar-refractivity contribution in [3.63, 3.8) is 0 Å². The third-order valence-corrected chi connectivity index (χ3v) is 2.74. The molecule has 6 heteroatoms. The topological polar surface area (TPSA) is 70.4 Å². The van der Waals surface area contributed by atoms with Crippen molar-refractivity contribution >= 4 is 23.0 Å². The fourth-order valence-corrected chi connectivity index (χ4v) is 1.95. The van der Waals surface area contributed by atoms with Crippen LogP contribution in [0, 0.1) is 0 Å². The monoisotopic (exact) mass is 290 g/mol. The average Bonchev–Trinajstić information content (AvgIpc) is 2.78. The van der Waals surface area contributed by atoms with Crippen LogP contribution in [0.5, 0.6) is 0 Å². The van der Waals surface area contributed by atoms with Gasteiger partial charge in [0, 0.05) is 17.8 Å². The van der Waals surface area contributed by atoms with Gasteiger partial charge in [-0.2, -0.15) is 0 Å².